The van der Waals surface area contributed by atoms with Crippen LogP contribution in [0.3, 0.4) is 0 Å². The Bertz CT molecular complexity index is 1540. The van der Waals surface area contributed by atoms with E-state index in [0.717, 1.165) is 11.3 Å². The van der Waals surface area contributed by atoms with Crippen LogP contribution < -0.4 is 20.4 Å². The van der Waals surface area contributed by atoms with Crippen LogP contribution in [0.2, 0.25) is 0 Å². The van der Waals surface area contributed by atoms with Crippen LogP contribution in [-0.2, 0) is 11.2 Å². The number of nitrogens with one attached hydrogen (secondary N) is 2. The van der Waals surface area contributed by atoms with Crippen LogP contribution >= 0.6 is 0 Å². The second-order valence-electron chi connectivity index (χ2n) is 10.0. The lowest BCUT2D eigenvalue weighted by Crippen LogP contribution is -2.40. The number of carbonyl (C=O) groups is 2. The van der Waals surface area contributed by atoms with Crippen molar-refractivity contribution in [3.05, 3.63) is 90.6 Å². The maximum atomic E-state index is 14.2. The molecule has 0 radical (unpaired) electrons. The van der Waals surface area contributed by atoms with Crippen molar-refractivity contribution in [2.75, 3.05) is 27.0 Å². The summed E-state index contributed by atoms with van der Waals surface area (Å²) in [7, 11) is 0. The number of nitrogens with zero attached hydrogens (tertiary/aromatic N) is 5. The molecule has 1 aliphatic rings. The molecular formula is C29H28FN7O3. The number of anilines is 6. The van der Waals surface area contributed by atoms with Gasteiger partial charge in [-0.25, -0.2) is 24.5 Å². The average Bonchev–Trinajstić information content (AvgIpc) is 3.05. The van der Waals surface area contributed by atoms with Gasteiger partial charge in [0.2, 0.25) is 11.9 Å². The minimum Gasteiger partial charge on any atom is -0.444 e. The van der Waals surface area contributed by atoms with Gasteiger partial charge in [0, 0.05) is 35.9 Å². The summed E-state index contributed by atoms with van der Waals surface area (Å²) in [6.07, 6.45) is 2.82. The van der Waals surface area contributed by atoms with E-state index in [9.17, 15) is 14.0 Å². The van der Waals surface area contributed by atoms with Crippen molar-refractivity contribution >= 4 is 46.6 Å². The summed E-state index contributed by atoms with van der Waals surface area (Å²) in [6, 6.07) is 18.9. The van der Waals surface area contributed by atoms with Crippen LogP contribution in [0.15, 0.2) is 79.1 Å². The highest BCUT2D eigenvalue weighted by atomic mass is 19.1. The fourth-order valence-corrected chi connectivity index (χ4v) is 4.19. The molecular weight excluding hydrogens is 513 g/mol. The Kier molecular flexibility index (Phi) is 7.28. The van der Waals surface area contributed by atoms with Crippen LogP contribution in [0.4, 0.5) is 48.5 Å². The van der Waals surface area contributed by atoms with E-state index < -0.39 is 17.6 Å². The Morgan fingerprint density at radius 1 is 1.00 bits per heavy atom. The number of benzene rings is 2. The Morgan fingerprint density at radius 2 is 1.77 bits per heavy atom. The minimum atomic E-state index is -0.704. The number of ether oxygens (including phenoxy) is 1. The van der Waals surface area contributed by atoms with E-state index in [4.69, 9.17) is 4.74 Å². The number of hydrogen-bond donors (Lipinski definition) is 2. The molecule has 0 saturated carbocycles. The van der Waals surface area contributed by atoms with Gasteiger partial charge < -0.3 is 10.1 Å². The number of pyridine rings is 1. The molecule has 0 bridgehead atoms. The summed E-state index contributed by atoms with van der Waals surface area (Å²) in [5.41, 5.74) is 1.75. The number of aromatic nitrogens is 3. The quantitative estimate of drug-likeness (QED) is 0.280. The fourth-order valence-electron chi connectivity index (χ4n) is 4.19. The van der Waals surface area contributed by atoms with Crippen LogP contribution in [0.5, 0.6) is 0 Å². The SMILES string of the molecule is CC(C)(C)OC(=O)Nc1cccc(N2C(=O)N(c3ccccc3)CCc3cnc(Nc4cccnc4F)nc32)c1. The Hall–Kier alpha value is -5.06. The van der Waals surface area contributed by atoms with Crippen molar-refractivity contribution in [2.45, 2.75) is 32.8 Å². The highest BCUT2D eigenvalue weighted by Crippen LogP contribution is 2.35. The first kappa shape index (κ1) is 26.5. The molecule has 2 N–H and O–H groups in total. The van der Waals surface area contributed by atoms with Gasteiger partial charge in [0.15, 0.2) is 0 Å². The molecule has 204 valence electrons. The summed E-state index contributed by atoms with van der Waals surface area (Å²) in [5, 5.41) is 5.57. The molecule has 5 rings (SSSR count). The molecule has 11 heteroatoms. The van der Waals surface area contributed by atoms with E-state index in [2.05, 4.69) is 25.6 Å². The molecule has 40 heavy (non-hydrogen) atoms. The number of hydrogen-bond acceptors (Lipinski definition) is 7. The van der Waals surface area contributed by atoms with E-state index in [1.54, 1.807) is 62.2 Å². The van der Waals surface area contributed by atoms with Gasteiger partial charge in [-0.05, 0) is 69.7 Å². The van der Waals surface area contributed by atoms with Gasteiger partial charge >= 0.3 is 12.1 Å². The van der Waals surface area contributed by atoms with Crippen LogP contribution in [0.1, 0.15) is 26.3 Å². The third-order valence-electron chi connectivity index (χ3n) is 5.90. The first-order valence-corrected chi connectivity index (χ1v) is 12.7. The zero-order valence-electron chi connectivity index (χ0n) is 22.3. The third-order valence-corrected chi connectivity index (χ3v) is 5.90. The lowest BCUT2D eigenvalue weighted by Gasteiger charge is -2.28. The molecule has 10 nitrogen and oxygen atoms in total. The van der Waals surface area contributed by atoms with Crippen molar-refractivity contribution in [1.82, 2.24) is 15.0 Å². The summed E-state index contributed by atoms with van der Waals surface area (Å²) in [5.74, 6) is -0.274. The summed E-state index contributed by atoms with van der Waals surface area (Å²) < 4.78 is 19.6. The van der Waals surface area contributed by atoms with Gasteiger partial charge in [-0.1, -0.05) is 24.3 Å². The lowest BCUT2D eigenvalue weighted by atomic mass is 10.2. The molecule has 0 unspecified atom stereocenters. The maximum absolute atomic E-state index is 14.2. The summed E-state index contributed by atoms with van der Waals surface area (Å²) >= 11 is 0. The Morgan fingerprint density at radius 3 is 2.52 bits per heavy atom. The highest BCUT2D eigenvalue weighted by Gasteiger charge is 2.32. The maximum Gasteiger partial charge on any atom is 0.412 e. The zero-order chi connectivity index (χ0) is 28.3. The van der Waals surface area contributed by atoms with Crippen LogP contribution in [0, 0.1) is 5.95 Å². The number of amides is 3. The van der Waals surface area contributed by atoms with E-state index in [1.807, 2.05) is 30.3 Å². The van der Waals surface area contributed by atoms with Crippen LogP contribution in [-0.4, -0.2) is 39.2 Å². The minimum absolute atomic E-state index is 0.0969. The Labute approximate surface area is 230 Å². The zero-order valence-corrected chi connectivity index (χ0v) is 22.3. The number of rotatable bonds is 5. The Balaban J connectivity index is 1.56. The van der Waals surface area contributed by atoms with Crippen molar-refractivity contribution in [3.8, 4) is 0 Å². The van der Waals surface area contributed by atoms with Crippen molar-refractivity contribution in [1.29, 1.82) is 0 Å². The molecule has 1 aliphatic heterocycles. The summed E-state index contributed by atoms with van der Waals surface area (Å²) in [6.45, 7) is 5.71. The molecule has 2 aromatic heterocycles. The predicted octanol–water partition coefficient (Wildman–Crippen LogP) is 6.42. The van der Waals surface area contributed by atoms with Crippen LogP contribution in [0.25, 0.3) is 0 Å². The molecule has 0 spiro atoms. The molecule has 3 amide bonds. The molecule has 0 aliphatic carbocycles. The summed E-state index contributed by atoms with van der Waals surface area (Å²) in [4.78, 5) is 42.3. The number of carbonyl (C=O) groups excluding carboxylic acids is 2. The van der Waals surface area contributed by atoms with E-state index in [1.165, 1.54) is 17.2 Å². The predicted molar refractivity (Wildman–Crippen MR) is 151 cm³/mol. The smallest absolute Gasteiger partial charge is 0.412 e. The second-order valence-corrected chi connectivity index (χ2v) is 10.0. The van der Waals surface area contributed by atoms with Crippen molar-refractivity contribution in [2.24, 2.45) is 0 Å². The molecule has 3 heterocycles. The van der Waals surface area contributed by atoms with Crippen molar-refractivity contribution in [3.63, 3.8) is 0 Å². The van der Waals surface area contributed by atoms with E-state index in [-0.39, 0.29) is 17.7 Å². The van der Waals surface area contributed by atoms with Gasteiger partial charge in [-0.3, -0.25) is 10.2 Å². The normalized spacial score (nSPS) is 13.3. The third kappa shape index (κ3) is 5.98. The van der Waals surface area contributed by atoms with Gasteiger partial charge in [-0.15, -0.1) is 0 Å². The highest BCUT2D eigenvalue weighted by molar-refractivity contribution is 6.09. The molecule has 2 aromatic carbocycles. The second kappa shape index (κ2) is 11.0. The van der Waals surface area contributed by atoms with Gasteiger partial charge in [0.1, 0.15) is 11.4 Å². The molecule has 0 atom stereocenters. The number of fused-ring (bicyclic) bond motifs is 1. The molecule has 0 saturated heterocycles. The van der Waals surface area contributed by atoms with Gasteiger partial charge in [0.05, 0.1) is 11.4 Å². The van der Waals surface area contributed by atoms with E-state index >= 15 is 0 Å². The van der Waals surface area contributed by atoms with Gasteiger partial charge in [0.25, 0.3) is 0 Å². The number of halogens is 1. The molecule has 0 fully saturated rings. The monoisotopic (exact) mass is 541 g/mol. The largest absolute Gasteiger partial charge is 0.444 e. The lowest BCUT2D eigenvalue weighted by molar-refractivity contribution is 0.0636. The van der Waals surface area contributed by atoms with E-state index in [0.29, 0.717) is 30.2 Å². The number of para-hydroxylation sites is 1. The first-order chi connectivity index (χ1) is 19.2. The first-order valence-electron chi connectivity index (χ1n) is 12.7. The topological polar surface area (TPSA) is 113 Å². The molecule has 4 aromatic rings. The standard InChI is InChI=1S/C29H28FN7O3/c1-29(2,3)40-27(38)33-20-9-7-12-22(17-20)37-25-19(14-16-36(28(37)39)21-10-5-4-6-11-21)18-32-26(35-25)34-23-13-8-15-31-24(23)30/h4-13,15,17-18H,14,16H2,1-3H3,(H,33,38)(H,32,34,35). The number of urea groups is 1. The average molecular weight is 542 g/mol. The fraction of sp³-hybridized carbons (Fsp3) is 0.207. The van der Waals surface area contributed by atoms with Crippen molar-refractivity contribution < 1.29 is 18.7 Å². The van der Waals surface area contributed by atoms with Gasteiger partial charge in [-0.2, -0.15) is 9.37 Å².